The Morgan fingerprint density at radius 3 is 2.33 bits per heavy atom. The van der Waals surface area contributed by atoms with Crippen LogP contribution in [-0.4, -0.2) is 9.97 Å². The Morgan fingerprint density at radius 2 is 1.78 bits per heavy atom. The maximum atomic E-state index is 6.00. The highest BCUT2D eigenvalue weighted by Gasteiger charge is 2.13. The number of nitrogens with two attached hydrogens (primary N) is 1. The van der Waals surface area contributed by atoms with Crippen molar-refractivity contribution in [3.8, 4) is 11.1 Å². The maximum Gasteiger partial charge on any atom is 0.145 e. The number of halogens is 1. The number of benzene rings is 1. The molecular formula is C14H16ClN3. The van der Waals surface area contributed by atoms with Crippen LogP contribution in [-0.2, 0) is 0 Å². The van der Waals surface area contributed by atoms with Crippen molar-refractivity contribution < 1.29 is 0 Å². The third kappa shape index (κ3) is 2.86. The van der Waals surface area contributed by atoms with Gasteiger partial charge in [0.05, 0.1) is 6.04 Å². The maximum absolute atomic E-state index is 6.00. The number of nitrogens with zero attached hydrogens (tertiary/aromatic N) is 2. The lowest BCUT2D eigenvalue weighted by atomic mass is 10.0. The molecule has 1 atom stereocenters. The molecule has 0 aliphatic heterocycles. The molecule has 1 aromatic carbocycles. The predicted octanol–water partition coefficient (Wildman–Crippen LogP) is 3.45. The van der Waals surface area contributed by atoms with E-state index in [9.17, 15) is 0 Å². The second-order valence-corrected chi connectivity index (χ2v) is 5.05. The summed E-state index contributed by atoms with van der Waals surface area (Å²) >= 11 is 5.96. The molecule has 0 amide bonds. The lowest BCUT2D eigenvalue weighted by Crippen LogP contribution is -2.19. The number of rotatable bonds is 3. The minimum Gasteiger partial charge on any atom is -0.321 e. The molecule has 0 saturated heterocycles. The summed E-state index contributed by atoms with van der Waals surface area (Å²) in [5.41, 5.74) is 7.95. The lowest BCUT2D eigenvalue weighted by Gasteiger charge is -2.13. The Morgan fingerprint density at radius 1 is 1.11 bits per heavy atom. The van der Waals surface area contributed by atoms with Gasteiger partial charge in [-0.05, 0) is 23.6 Å². The molecule has 3 nitrogen and oxygen atoms in total. The van der Waals surface area contributed by atoms with E-state index in [-0.39, 0.29) is 6.04 Å². The van der Waals surface area contributed by atoms with Crippen molar-refractivity contribution in [2.45, 2.75) is 19.9 Å². The highest BCUT2D eigenvalue weighted by Crippen LogP contribution is 2.22. The van der Waals surface area contributed by atoms with Gasteiger partial charge in [0, 0.05) is 23.0 Å². The molecule has 0 aliphatic carbocycles. The second kappa shape index (κ2) is 5.46. The summed E-state index contributed by atoms with van der Waals surface area (Å²) in [5, 5.41) is 0.704. The van der Waals surface area contributed by atoms with Gasteiger partial charge >= 0.3 is 0 Å². The lowest BCUT2D eigenvalue weighted by molar-refractivity contribution is 0.490. The van der Waals surface area contributed by atoms with Crippen molar-refractivity contribution in [3.63, 3.8) is 0 Å². The first kappa shape index (κ1) is 13.0. The van der Waals surface area contributed by atoms with Crippen LogP contribution in [0.3, 0.4) is 0 Å². The average Bonchev–Trinajstić information content (AvgIpc) is 2.38. The number of aromatic nitrogens is 2. The summed E-state index contributed by atoms with van der Waals surface area (Å²) in [4.78, 5) is 8.65. The van der Waals surface area contributed by atoms with Crippen molar-refractivity contribution in [2.75, 3.05) is 0 Å². The van der Waals surface area contributed by atoms with Crippen molar-refractivity contribution in [1.82, 2.24) is 9.97 Å². The summed E-state index contributed by atoms with van der Waals surface area (Å²) in [6.45, 7) is 4.11. The molecule has 2 rings (SSSR count). The Kier molecular flexibility index (Phi) is 3.94. The van der Waals surface area contributed by atoms with Crippen LogP contribution in [0, 0.1) is 5.92 Å². The van der Waals surface area contributed by atoms with Crippen LogP contribution in [0.25, 0.3) is 11.1 Å². The normalized spacial score (nSPS) is 12.7. The zero-order valence-corrected chi connectivity index (χ0v) is 11.2. The van der Waals surface area contributed by atoms with Crippen molar-refractivity contribution >= 4 is 11.6 Å². The molecule has 1 unspecified atom stereocenters. The average molecular weight is 262 g/mol. The molecule has 18 heavy (non-hydrogen) atoms. The Labute approximate surface area is 112 Å². The summed E-state index contributed by atoms with van der Waals surface area (Å²) in [6.07, 6.45) is 3.58. The van der Waals surface area contributed by atoms with Crippen LogP contribution in [0.15, 0.2) is 36.7 Å². The van der Waals surface area contributed by atoms with E-state index in [1.54, 1.807) is 12.4 Å². The van der Waals surface area contributed by atoms with E-state index >= 15 is 0 Å². The standard InChI is InChI=1S/C14H16ClN3/c1-9(2)13(16)14-17-7-11(8-18-14)10-4-3-5-12(15)6-10/h3-9,13H,16H2,1-2H3. The molecule has 2 aromatic rings. The fourth-order valence-corrected chi connectivity index (χ4v) is 1.82. The highest BCUT2D eigenvalue weighted by atomic mass is 35.5. The van der Waals surface area contributed by atoms with Crippen LogP contribution in [0.2, 0.25) is 5.02 Å². The van der Waals surface area contributed by atoms with Crippen LogP contribution >= 0.6 is 11.6 Å². The molecule has 0 aliphatic rings. The molecule has 0 fully saturated rings. The Bertz CT molecular complexity index is 523. The van der Waals surface area contributed by atoms with Gasteiger partial charge in [-0.15, -0.1) is 0 Å². The minimum absolute atomic E-state index is 0.126. The van der Waals surface area contributed by atoms with Crippen molar-refractivity contribution in [3.05, 3.63) is 47.5 Å². The SMILES string of the molecule is CC(C)C(N)c1ncc(-c2cccc(Cl)c2)cn1. The summed E-state index contributed by atoms with van der Waals surface area (Å²) < 4.78 is 0. The zero-order chi connectivity index (χ0) is 13.1. The first-order valence-corrected chi connectivity index (χ1v) is 6.29. The van der Waals surface area contributed by atoms with Gasteiger partial charge in [0.25, 0.3) is 0 Å². The molecule has 94 valence electrons. The van der Waals surface area contributed by atoms with Crippen molar-refractivity contribution in [2.24, 2.45) is 11.7 Å². The topological polar surface area (TPSA) is 51.8 Å². The molecule has 0 spiro atoms. The van der Waals surface area contributed by atoms with E-state index in [0.29, 0.717) is 16.8 Å². The molecule has 1 aromatic heterocycles. The molecule has 2 N–H and O–H groups in total. The van der Waals surface area contributed by atoms with Gasteiger partial charge in [0.2, 0.25) is 0 Å². The summed E-state index contributed by atoms with van der Waals surface area (Å²) in [6, 6.07) is 7.49. The molecule has 0 saturated carbocycles. The Balaban J connectivity index is 2.28. The van der Waals surface area contributed by atoms with Gasteiger partial charge < -0.3 is 5.73 Å². The quantitative estimate of drug-likeness (QED) is 0.921. The molecule has 4 heteroatoms. The van der Waals surface area contributed by atoms with E-state index in [4.69, 9.17) is 17.3 Å². The van der Waals surface area contributed by atoms with E-state index in [1.807, 2.05) is 24.3 Å². The van der Waals surface area contributed by atoms with Crippen molar-refractivity contribution in [1.29, 1.82) is 0 Å². The number of hydrogen-bond acceptors (Lipinski definition) is 3. The highest BCUT2D eigenvalue weighted by molar-refractivity contribution is 6.30. The number of hydrogen-bond donors (Lipinski definition) is 1. The van der Waals surface area contributed by atoms with E-state index in [1.165, 1.54) is 0 Å². The smallest absolute Gasteiger partial charge is 0.145 e. The van der Waals surface area contributed by atoms with Gasteiger partial charge in [-0.3, -0.25) is 0 Å². The summed E-state index contributed by atoms with van der Waals surface area (Å²) in [5.74, 6) is 0.998. The van der Waals surface area contributed by atoms with Crippen LogP contribution < -0.4 is 5.73 Å². The first-order chi connectivity index (χ1) is 8.58. The van der Waals surface area contributed by atoms with Crippen LogP contribution in [0.4, 0.5) is 0 Å². The van der Waals surface area contributed by atoms with Gasteiger partial charge in [-0.25, -0.2) is 9.97 Å². The van der Waals surface area contributed by atoms with Crippen LogP contribution in [0.5, 0.6) is 0 Å². The van der Waals surface area contributed by atoms with E-state index < -0.39 is 0 Å². The van der Waals surface area contributed by atoms with Crippen LogP contribution in [0.1, 0.15) is 25.7 Å². The van der Waals surface area contributed by atoms with E-state index in [2.05, 4.69) is 23.8 Å². The third-order valence-electron chi connectivity index (χ3n) is 2.85. The van der Waals surface area contributed by atoms with Gasteiger partial charge in [0.15, 0.2) is 0 Å². The molecule has 1 heterocycles. The zero-order valence-electron chi connectivity index (χ0n) is 10.5. The van der Waals surface area contributed by atoms with Gasteiger partial charge in [-0.1, -0.05) is 37.6 Å². The largest absolute Gasteiger partial charge is 0.321 e. The molecule has 0 bridgehead atoms. The fraction of sp³-hybridized carbons (Fsp3) is 0.286. The second-order valence-electron chi connectivity index (χ2n) is 4.61. The third-order valence-corrected chi connectivity index (χ3v) is 3.08. The summed E-state index contributed by atoms with van der Waals surface area (Å²) in [7, 11) is 0. The van der Waals surface area contributed by atoms with E-state index in [0.717, 1.165) is 11.1 Å². The molecule has 0 radical (unpaired) electrons. The van der Waals surface area contributed by atoms with Gasteiger partial charge in [0.1, 0.15) is 5.82 Å². The Hall–Kier alpha value is -1.45. The molecular weight excluding hydrogens is 246 g/mol. The monoisotopic (exact) mass is 261 g/mol. The first-order valence-electron chi connectivity index (χ1n) is 5.91. The minimum atomic E-state index is -0.126. The fourth-order valence-electron chi connectivity index (χ4n) is 1.63. The van der Waals surface area contributed by atoms with Gasteiger partial charge in [-0.2, -0.15) is 0 Å². The predicted molar refractivity (Wildman–Crippen MR) is 74.2 cm³/mol.